The van der Waals surface area contributed by atoms with Crippen LogP contribution < -0.4 is 0 Å². The summed E-state index contributed by atoms with van der Waals surface area (Å²) >= 11 is 0. The van der Waals surface area contributed by atoms with Gasteiger partial charge in [0.05, 0.1) is 0 Å². The van der Waals surface area contributed by atoms with Crippen LogP contribution in [0.1, 0.15) is 49.0 Å². The Hall–Kier alpha value is -1.97. The third-order valence-electron chi connectivity index (χ3n) is 3.28. The molecule has 0 bridgehead atoms. The Labute approximate surface area is 119 Å². The van der Waals surface area contributed by atoms with Crippen molar-refractivity contribution in [1.29, 1.82) is 0 Å². The van der Waals surface area contributed by atoms with Crippen molar-refractivity contribution in [2.24, 2.45) is 5.92 Å². The molecule has 0 radical (unpaired) electrons. The Balaban J connectivity index is 2.35. The highest BCUT2D eigenvalue weighted by Gasteiger charge is 2.14. The number of esters is 1. The molecule has 0 aromatic heterocycles. The largest absolute Gasteiger partial charge is 0.461 e. The Morgan fingerprint density at radius 2 is 1.90 bits per heavy atom. The summed E-state index contributed by atoms with van der Waals surface area (Å²) in [7, 11) is 0. The predicted octanol–water partition coefficient (Wildman–Crippen LogP) is 2.94. The summed E-state index contributed by atoms with van der Waals surface area (Å²) in [5.41, 5.74) is 1.43. The summed E-state index contributed by atoms with van der Waals surface area (Å²) < 4.78 is 5.14. The number of ketones is 1. The molecular weight excluding hydrogens is 256 g/mol. The Bertz CT molecular complexity index is 462. The molecule has 1 rings (SSSR count). The normalized spacial score (nSPS) is 11.7. The minimum atomic E-state index is -0.302. The van der Waals surface area contributed by atoms with Gasteiger partial charge in [-0.3, -0.25) is 14.4 Å². The highest BCUT2D eigenvalue weighted by molar-refractivity contribution is 5.79. The van der Waals surface area contributed by atoms with Crippen molar-refractivity contribution in [3.63, 3.8) is 0 Å². The SMILES string of the molecule is CC[C@@H](CCC(=O)OCc1ccc(C=O)cc1)C(C)=O. The minimum Gasteiger partial charge on any atom is -0.461 e. The van der Waals surface area contributed by atoms with Gasteiger partial charge >= 0.3 is 5.97 Å². The zero-order valence-electron chi connectivity index (χ0n) is 11.9. The van der Waals surface area contributed by atoms with Gasteiger partial charge in [0, 0.05) is 17.9 Å². The molecule has 0 saturated carbocycles. The fourth-order valence-electron chi connectivity index (χ4n) is 1.92. The molecule has 0 aliphatic rings. The van der Waals surface area contributed by atoms with E-state index in [1.54, 1.807) is 31.2 Å². The van der Waals surface area contributed by atoms with E-state index in [0.717, 1.165) is 18.3 Å². The zero-order valence-corrected chi connectivity index (χ0v) is 11.9. The van der Waals surface area contributed by atoms with Crippen LogP contribution in [0.2, 0.25) is 0 Å². The van der Waals surface area contributed by atoms with Crippen molar-refractivity contribution >= 4 is 18.0 Å². The highest BCUT2D eigenvalue weighted by atomic mass is 16.5. The summed E-state index contributed by atoms with van der Waals surface area (Å²) in [6, 6.07) is 6.86. The van der Waals surface area contributed by atoms with Crippen LogP contribution in [0.4, 0.5) is 0 Å². The van der Waals surface area contributed by atoms with Crippen molar-refractivity contribution in [2.75, 3.05) is 0 Å². The number of hydrogen-bond acceptors (Lipinski definition) is 4. The lowest BCUT2D eigenvalue weighted by atomic mass is 9.96. The molecule has 1 atom stereocenters. The molecule has 1 aromatic rings. The van der Waals surface area contributed by atoms with Gasteiger partial charge < -0.3 is 4.74 Å². The van der Waals surface area contributed by atoms with E-state index in [1.807, 2.05) is 6.92 Å². The molecule has 4 heteroatoms. The number of Topliss-reactive ketones (excluding diaryl/α,β-unsaturated/α-hetero) is 1. The quantitative estimate of drug-likeness (QED) is 0.541. The number of aldehydes is 1. The second-order valence-electron chi connectivity index (χ2n) is 4.77. The summed E-state index contributed by atoms with van der Waals surface area (Å²) in [5.74, 6) is -0.247. The van der Waals surface area contributed by atoms with Gasteiger partial charge in [-0.25, -0.2) is 0 Å². The Morgan fingerprint density at radius 3 is 2.40 bits per heavy atom. The summed E-state index contributed by atoms with van der Waals surface area (Å²) in [6.45, 7) is 3.68. The van der Waals surface area contributed by atoms with Crippen LogP contribution in [0.3, 0.4) is 0 Å². The van der Waals surface area contributed by atoms with Gasteiger partial charge in [0.15, 0.2) is 0 Å². The van der Waals surface area contributed by atoms with Crippen molar-refractivity contribution < 1.29 is 19.1 Å². The first kappa shape index (κ1) is 16.1. The molecule has 4 nitrogen and oxygen atoms in total. The van der Waals surface area contributed by atoms with Gasteiger partial charge in [-0.1, -0.05) is 31.2 Å². The smallest absolute Gasteiger partial charge is 0.306 e. The van der Waals surface area contributed by atoms with Gasteiger partial charge in [-0.05, 0) is 25.3 Å². The molecule has 0 saturated heterocycles. The number of carbonyl (C=O) groups is 3. The van der Waals surface area contributed by atoms with E-state index < -0.39 is 0 Å². The lowest BCUT2D eigenvalue weighted by molar-refractivity contribution is -0.145. The van der Waals surface area contributed by atoms with Crippen LogP contribution in [-0.2, 0) is 20.9 Å². The summed E-state index contributed by atoms with van der Waals surface area (Å²) in [5, 5.41) is 0. The molecule has 0 fully saturated rings. The number of hydrogen-bond donors (Lipinski definition) is 0. The first-order valence-electron chi connectivity index (χ1n) is 6.77. The van der Waals surface area contributed by atoms with Crippen molar-refractivity contribution in [2.45, 2.75) is 39.7 Å². The van der Waals surface area contributed by atoms with Crippen molar-refractivity contribution in [1.82, 2.24) is 0 Å². The van der Waals surface area contributed by atoms with E-state index in [4.69, 9.17) is 4.74 Å². The maximum atomic E-state index is 11.6. The average molecular weight is 276 g/mol. The van der Waals surface area contributed by atoms with Crippen LogP contribution in [0, 0.1) is 5.92 Å². The summed E-state index contributed by atoms with van der Waals surface area (Å²) in [4.78, 5) is 33.3. The number of benzene rings is 1. The number of carbonyl (C=O) groups excluding carboxylic acids is 3. The molecule has 0 amide bonds. The van der Waals surface area contributed by atoms with Crippen LogP contribution in [0.5, 0.6) is 0 Å². The second kappa shape index (κ2) is 8.25. The van der Waals surface area contributed by atoms with Gasteiger partial charge in [-0.2, -0.15) is 0 Å². The van der Waals surface area contributed by atoms with Crippen LogP contribution >= 0.6 is 0 Å². The highest BCUT2D eigenvalue weighted by Crippen LogP contribution is 2.13. The lowest BCUT2D eigenvalue weighted by Crippen LogP contribution is -2.13. The van der Waals surface area contributed by atoms with Crippen LogP contribution in [0.25, 0.3) is 0 Å². The van der Waals surface area contributed by atoms with E-state index in [2.05, 4.69) is 0 Å². The number of ether oxygens (including phenoxy) is 1. The predicted molar refractivity (Wildman–Crippen MR) is 75.3 cm³/mol. The third kappa shape index (κ3) is 5.34. The van der Waals surface area contributed by atoms with Gasteiger partial charge in [0.2, 0.25) is 0 Å². The molecule has 0 spiro atoms. The Kier molecular flexibility index (Phi) is 6.64. The minimum absolute atomic E-state index is 0.0607. The molecule has 0 heterocycles. The van der Waals surface area contributed by atoms with E-state index in [1.165, 1.54) is 0 Å². The first-order valence-corrected chi connectivity index (χ1v) is 6.77. The Morgan fingerprint density at radius 1 is 1.25 bits per heavy atom. The molecular formula is C16H20O4. The van der Waals surface area contributed by atoms with Crippen molar-refractivity contribution in [3.05, 3.63) is 35.4 Å². The molecule has 0 unspecified atom stereocenters. The zero-order chi connectivity index (χ0) is 15.0. The van der Waals surface area contributed by atoms with Crippen molar-refractivity contribution in [3.8, 4) is 0 Å². The molecule has 20 heavy (non-hydrogen) atoms. The molecule has 1 aromatic carbocycles. The monoisotopic (exact) mass is 276 g/mol. The summed E-state index contributed by atoms with van der Waals surface area (Å²) in [6.07, 6.45) is 2.30. The molecule has 0 aliphatic carbocycles. The third-order valence-corrected chi connectivity index (χ3v) is 3.28. The van der Waals surface area contributed by atoms with Crippen LogP contribution in [-0.4, -0.2) is 18.0 Å². The molecule has 0 N–H and O–H groups in total. The molecule has 0 aliphatic heterocycles. The average Bonchev–Trinajstić information content (AvgIpc) is 2.46. The fourth-order valence-corrected chi connectivity index (χ4v) is 1.92. The lowest BCUT2D eigenvalue weighted by Gasteiger charge is -2.10. The molecule has 108 valence electrons. The maximum absolute atomic E-state index is 11.6. The van der Waals surface area contributed by atoms with E-state index >= 15 is 0 Å². The van der Waals surface area contributed by atoms with E-state index in [0.29, 0.717) is 12.0 Å². The van der Waals surface area contributed by atoms with E-state index in [-0.39, 0.29) is 30.7 Å². The number of rotatable bonds is 8. The van der Waals surface area contributed by atoms with Crippen LogP contribution in [0.15, 0.2) is 24.3 Å². The fraction of sp³-hybridized carbons (Fsp3) is 0.438. The van der Waals surface area contributed by atoms with Gasteiger partial charge in [0.25, 0.3) is 0 Å². The second-order valence-corrected chi connectivity index (χ2v) is 4.77. The van der Waals surface area contributed by atoms with Gasteiger partial charge in [0.1, 0.15) is 18.7 Å². The topological polar surface area (TPSA) is 60.4 Å². The standard InChI is InChI=1S/C16H20O4/c1-3-15(12(2)18)8-9-16(19)20-11-14-6-4-13(10-17)5-7-14/h4-7,10,15H,3,8-9,11H2,1-2H3/t15-/m0/s1. The van der Waals surface area contributed by atoms with Gasteiger partial charge in [-0.15, -0.1) is 0 Å². The first-order chi connectivity index (χ1) is 9.56. The maximum Gasteiger partial charge on any atom is 0.306 e. The van der Waals surface area contributed by atoms with E-state index in [9.17, 15) is 14.4 Å².